The Bertz CT molecular complexity index is 552. The Morgan fingerprint density at radius 1 is 1.08 bits per heavy atom. The van der Waals surface area contributed by atoms with Gasteiger partial charge in [0.2, 0.25) is 0 Å². The predicted octanol–water partition coefficient (Wildman–Crippen LogP) is 4.01. The molecule has 1 aliphatic heterocycles. The van der Waals surface area contributed by atoms with Crippen molar-refractivity contribution in [2.45, 2.75) is 82.0 Å². The van der Waals surface area contributed by atoms with Gasteiger partial charge < -0.3 is 10.0 Å². The Morgan fingerprint density at radius 3 is 2.28 bits per heavy atom. The molecule has 0 bridgehead atoms. The first-order valence-corrected chi connectivity index (χ1v) is 10.2. The first kappa shape index (κ1) is 18.9. The van der Waals surface area contributed by atoms with Gasteiger partial charge in [-0.1, -0.05) is 56.5 Å². The summed E-state index contributed by atoms with van der Waals surface area (Å²) in [7, 11) is 4.25. The number of rotatable bonds is 4. The molecular formula is C22H36N2O. The molecule has 25 heavy (non-hydrogen) atoms. The minimum absolute atomic E-state index is 0.141. The maximum Gasteiger partial charge on any atom is 0.0826 e. The summed E-state index contributed by atoms with van der Waals surface area (Å²) >= 11 is 0. The Hall–Kier alpha value is -0.900. The summed E-state index contributed by atoms with van der Waals surface area (Å²) in [6.45, 7) is 5.46. The van der Waals surface area contributed by atoms with Gasteiger partial charge in [-0.25, -0.2) is 0 Å². The van der Waals surface area contributed by atoms with Crippen LogP contribution in [-0.4, -0.2) is 53.2 Å². The van der Waals surface area contributed by atoms with Gasteiger partial charge in [0.05, 0.1) is 11.6 Å². The lowest BCUT2D eigenvalue weighted by Gasteiger charge is -2.58. The SMILES string of the molecule is CCC1(O)CCN(C2(c3ccccc3)CCCCC2)C(C)C1N(C)C. The van der Waals surface area contributed by atoms with Crippen molar-refractivity contribution in [1.82, 2.24) is 9.80 Å². The molecule has 1 aromatic rings. The molecule has 0 radical (unpaired) electrons. The van der Waals surface area contributed by atoms with E-state index in [0.717, 1.165) is 19.4 Å². The van der Waals surface area contributed by atoms with E-state index in [4.69, 9.17) is 0 Å². The number of likely N-dealkylation sites (tertiary alicyclic amines) is 1. The molecule has 3 heteroatoms. The fourth-order valence-electron chi connectivity index (χ4n) is 5.81. The van der Waals surface area contributed by atoms with E-state index in [1.807, 2.05) is 0 Å². The van der Waals surface area contributed by atoms with Gasteiger partial charge in [0.1, 0.15) is 0 Å². The van der Waals surface area contributed by atoms with Crippen LogP contribution in [0.4, 0.5) is 0 Å². The third-order valence-electron chi connectivity index (χ3n) is 6.99. The zero-order chi connectivity index (χ0) is 18.1. The second kappa shape index (κ2) is 7.38. The van der Waals surface area contributed by atoms with Crippen molar-refractivity contribution < 1.29 is 5.11 Å². The number of aliphatic hydroxyl groups is 1. The minimum atomic E-state index is -0.577. The Balaban J connectivity index is 1.99. The number of nitrogens with zero attached hydrogens (tertiary/aromatic N) is 2. The van der Waals surface area contributed by atoms with Crippen LogP contribution in [0.5, 0.6) is 0 Å². The summed E-state index contributed by atoms with van der Waals surface area (Å²) in [5, 5.41) is 11.3. The number of hydrogen-bond acceptors (Lipinski definition) is 3. The van der Waals surface area contributed by atoms with Crippen molar-refractivity contribution >= 4 is 0 Å². The molecule has 3 atom stereocenters. The zero-order valence-corrected chi connectivity index (χ0v) is 16.5. The summed E-state index contributed by atoms with van der Waals surface area (Å²) < 4.78 is 0. The molecule has 2 fully saturated rings. The van der Waals surface area contributed by atoms with Gasteiger partial charge in [0, 0.05) is 18.1 Å². The van der Waals surface area contributed by atoms with Crippen LogP contribution >= 0.6 is 0 Å². The monoisotopic (exact) mass is 344 g/mol. The normalized spacial score (nSPS) is 33.5. The van der Waals surface area contributed by atoms with Crippen molar-refractivity contribution in [3.8, 4) is 0 Å². The van der Waals surface area contributed by atoms with Gasteiger partial charge in [0.15, 0.2) is 0 Å². The minimum Gasteiger partial charge on any atom is -0.388 e. The number of hydrogen-bond donors (Lipinski definition) is 1. The highest BCUT2D eigenvalue weighted by molar-refractivity contribution is 5.27. The molecular weight excluding hydrogens is 308 g/mol. The largest absolute Gasteiger partial charge is 0.388 e. The predicted molar refractivity (Wildman–Crippen MR) is 105 cm³/mol. The highest BCUT2D eigenvalue weighted by atomic mass is 16.3. The van der Waals surface area contributed by atoms with Crippen LogP contribution in [0.15, 0.2) is 30.3 Å². The van der Waals surface area contributed by atoms with Crippen molar-refractivity contribution in [1.29, 1.82) is 0 Å². The van der Waals surface area contributed by atoms with Crippen LogP contribution in [0.3, 0.4) is 0 Å². The van der Waals surface area contributed by atoms with Gasteiger partial charge in [-0.15, -0.1) is 0 Å². The summed E-state index contributed by atoms with van der Waals surface area (Å²) in [6.07, 6.45) is 8.15. The second-order valence-corrected chi connectivity index (χ2v) is 8.51. The maximum atomic E-state index is 11.3. The van der Waals surface area contributed by atoms with E-state index >= 15 is 0 Å². The number of piperidine rings is 1. The first-order chi connectivity index (χ1) is 11.9. The van der Waals surface area contributed by atoms with E-state index in [-0.39, 0.29) is 11.6 Å². The third-order valence-corrected chi connectivity index (χ3v) is 6.99. The molecule has 1 aliphatic carbocycles. The molecule has 3 rings (SSSR count). The van der Waals surface area contributed by atoms with Crippen molar-refractivity contribution in [2.24, 2.45) is 0 Å². The molecule has 2 aliphatic rings. The summed E-state index contributed by atoms with van der Waals surface area (Å²) in [5.41, 5.74) is 1.04. The van der Waals surface area contributed by atoms with Gasteiger partial charge in [0.25, 0.3) is 0 Å². The van der Waals surface area contributed by atoms with Crippen LogP contribution in [0.1, 0.15) is 64.4 Å². The Morgan fingerprint density at radius 2 is 1.72 bits per heavy atom. The standard InChI is InChI=1S/C22H36N2O/c1-5-22(25)16-17-24(18(2)20(22)23(3)4)21(14-10-7-11-15-21)19-12-8-6-9-13-19/h6,8-9,12-13,18,20,25H,5,7,10-11,14-17H2,1-4H3. The lowest BCUT2D eigenvalue weighted by atomic mass is 9.70. The third kappa shape index (κ3) is 3.27. The topological polar surface area (TPSA) is 26.7 Å². The van der Waals surface area contributed by atoms with Crippen LogP contribution in [0.2, 0.25) is 0 Å². The maximum absolute atomic E-state index is 11.3. The molecule has 140 valence electrons. The lowest BCUT2D eigenvalue weighted by Crippen LogP contribution is -2.68. The average Bonchev–Trinajstić information content (AvgIpc) is 2.63. The summed E-state index contributed by atoms with van der Waals surface area (Å²) in [5.74, 6) is 0. The number of likely N-dealkylation sites (N-methyl/N-ethyl adjacent to an activating group) is 1. The molecule has 0 amide bonds. The molecule has 1 heterocycles. The molecule has 3 unspecified atom stereocenters. The van der Waals surface area contributed by atoms with E-state index < -0.39 is 5.60 Å². The molecule has 0 aromatic heterocycles. The summed E-state index contributed by atoms with van der Waals surface area (Å²) in [6, 6.07) is 11.7. The molecule has 1 N–H and O–H groups in total. The van der Waals surface area contributed by atoms with E-state index in [9.17, 15) is 5.11 Å². The molecule has 1 saturated carbocycles. The lowest BCUT2D eigenvalue weighted by molar-refractivity contribution is -0.140. The van der Waals surface area contributed by atoms with Crippen LogP contribution in [-0.2, 0) is 5.54 Å². The molecule has 1 aromatic carbocycles. The highest BCUT2D eigenvalue weighted by Gasteiger charge is 2.52. The molecule has 3 nitrogen and oxygen atoms in total. The molecule has 0 spiro atoms. The van der Waals surface area contributed by atoms with Crippen molar-refractivity contribution in [3.05, 3.63) is 35.9 Å². The Kier molecular flexibility index (Phi) is 5.57. The summed E-state index contributed by atoms with van der Waals surface area (Å²) in [4.78, 5) is 5.00. The fourth-order valence-corrected chi connectivity index (χ4v) is 5.81. The van der Waals surface area contributed by atoms with Crippen molar-refractivity contribution in [2.75, 3.05) is 20.6 Å². The van der Waals surface area contributed by atoms with Crippen molar-refractivity contribution in [3.63, 3.8) is 0 Å². The van der Waals surface area contributed by atoms with E-state index in [1.165, 1.54) is 37.7 Å². The van der Waals surface area contributed by atoms with Crippen LogP contribution in [0, 0.1) is 0 Å². The highest BCUT2D eigenvalue weighted by Crippen LogP contribution is 2.47. The number of benzene rings is 1. The smallest absolute Gasteiger partial charge is 0.0826 e. The van der Waals surface area contributed by atoms with E-state index in [2.05, 4.69) is 68.1 Å². The van der Waals surface area contributed by atoms with Gasteiger partial charge in [-0.05, 0) is 52.3 Å². The van der Waals surface area contributed by atoms with Gasteiger partial charge in [-0.2, -0.15) is 0 Å². The first-order valence-electron chi connectivity index (χ1n) is 10.2. The van der Waals surface area contributed by atoms with Crippen LogP contribution < -0.4 is 0 Å². The molecule has 1 saturated heterocycles. The average molecular weight is 345 g/mol. The Labute approximate surface area is 154 Å². The van der Waals surface area contributed by atoms with E-state index in [1.54, 1.807) is 0 Å². The van der Waals surface area contributed by atoms with Gasteiger partial charge >= 0.3 is 0 Å². The second-order valence-electron chi connectivity index (χ2n) is 8.51. The fraction of sp³-hybridized carbons (Fsp3) is 0.727. The van der Waals surface area contributed by atoms with E-state index in [0.29, 0.717) is 6.04 Å². The zero-order valence-electron chi connectivity index (χ0n) is 16.5. The quantitative estimate of drug-likeness (QED) is 0.894. The van der Waals surface area contributed by atoms with Crippen LogP contribution in [0.25, 0.3) is 0 Å². The van der Waals surface area contributed by atoms with Gasteiger partial charge in [-0.3, -0.25) is 4.90 Å².